The van der Waals surface area contributed by atoms with E-state index >= 15 is 0 Å². The van der Waals surface area contributed by atoms with Gasteiger partial charge in [0.1, 0.15) is 0 Å². The van der Waals surface area contributed by atoms with E-state index in [0.29, 0.717) is 0 Å². The zero-order valence-electron chi connectivity index (χ0n) is 8.97. The van der Waals surface area contributed by atoms with Gasteiger partial charge < -0.3 is 0 Å². The first-order valence-corrected chi connectivity index (χ1v) is 6.39. The molecule has 3 heteroatoms. The summed E-state index contributed by atoms with van der Waals surface area (Å²) in [5.41, 5.74) is 3.14. The minimum absolute atomic E-state index is 0.998. The van der Waals surface area contributed by atoms with Gasteiger partial charge in [0.05, 0.1) is 14.8 Å². The molecule has 3 aromatic rings. The summed E-state index contributed by atoms with van der Waals surface area (Å²) < 4.78 is 1.10. The van der Waals surface area contributed by atoms with Gasteiger partial charge in [-0.15, -0.1) is 0 Å². The van der Waals surface area contributed by atoms with E-state index in [1.165, 1.54) is 0 Å². The Labute approximate surface area is 113 Å². The molecule has 2 aromatic heterocycles. The van der Waals surface area contributed by atoms with Crippen LogP contribution in [0.5, 0.6) is 0 Å². The highest BCUT2D eigenvalue weighted by Crippen LogP contribution is 2.27. The maximum absolute atomic E-state index is 4.53. The minimum atomic E-state index is 0.998. The SMILES string of the molecule is Ic1c(-c2ccccc2)ncc2cccnc12. The number of fused-ring (bicyclic) bond motifs is 1. The summed E-state index contributed by atoms with van der Waals surface area (Å²) in [6.07, 6.45) is 3.70. The van der Waals surface area contributed by atoms with Crippen LogP contribution in [0.4, 0.5) is 0 Å². The summed E-state index contributed by atoms with van der Waals surface area (Å²) in [4.78, 5) is 8.95. The number of rotatable bonds is 1. The maximum Gasteiger partial charge on any atom is 0.0872 e. The lowest BCUT2D eigenvalue weighted by Gasteiger charge is -2.06. The highest BCUT2D eigenvalue weighted by Gasteiger charge is 2.08. The van der Waals surface area contributed by atoms with E-state index in [1.54, 1.807) is 0 Å². The molecule has 0 aliphatic carbocycles. The third-order valence-corrected chi connectivity index (χ3v) is 3.66. The van der Waals surface area contributed by atoms with E-state index in [4.69, 9.17) is 0 Å². The van der Waals surface area contributed by atoms with Gasteiger partial charge in [0.2, 0.25) is 0 Å². The summed E-state index contributed by atoms with van der Waals surface area (Å²) >= 11 is 2.32. The van der Waals surface area contributed by atoms with Crippen molar-refractivity contribution in [1.29, 1.82) is 0 Å². The molecule has 0 amide bonds. The lowest BCUT2D eigenvalue weighted by atomic mass is 10.1. The molecule has 0 N–H and O–H groups in total. The van der Waals surface area contributed by atoms with Crippen LogP contribution in [0.25, 0.3) is 22.2 Å². The molecule has 0 unspecified atom stereocenters. The van der Waals surface area contributed by atoms with Crippen LogP contribution in [0.3, 0.4) is 0 Å². The van der Waals surface area contributed by atoms with Crippen LogP contribution in [-0.2, 0) is 0 Å². The Morgan fingerprint density at radius 3 is 2.53 bits per heavy atom. The molecular formula is C14H9IN2. The number of hydrogen-bond acceptors (Lipinski definition) is 2. The van der Waals surface area contributed by atoms with Gasteiger partial charge in [0, 0.05) is 23.3 Å². The third-order valence-electron chi connectivity index (χ3n) is 2.63. The van der Waals surface area contributed by atoms with Crippen molar-refractivity contribution in [2.45, 2.75) is 0 Å². The molecular weight excluding hydrogens is 323 g/mol. The Hall–Kier alpha value is -1.49. The molecule has 3 rings (SSSR count). The third kappa shape index (κ3) is 1.91. The Bertz CT molecular complexity index is 665. The molecule has 2 nitrogen and oxygen atoms in total. The van der Waals surface area contributed by atoms with Gasteiger partial charge in [-0.05, 0) is 34.7 Å². The molecule has 0 spiro atoms. The van der Waals surface area contributed by atoms with E-state index in [9.17, 15) is 0 Å². The molecule has 0 atom stereocenters. The summed E-state index contributed by atoms with van der Waals surface area (Å²) in [5.74, 6) is 0. The van der Waals surface area contributed by atoms with Crippen molar-refractivity contribution in [3.05, 3.63) is 58.4 Å². The number of benzene rings is 1. The number of halogens is 1. The van der Waals surface area contributed by atoms with Crippen LogP contribution in [0, 0.1) is 3.57 Å². The first-order valence-electron chi connectivity index (χ1n) is 5.31. The van der Waals surface area contributed by atoms with Crippen LogP contribution >= 0.6 is 22.6 Å². The van der Waals surface area contributed by atoms with Crippen LogP contribution in [-0.4, -0.2) is 9.97 Å². The van der Waals surface area contributed by atoms with Gasteiger partial charge in [-0.25, -0.2) is 0 Å². The molecule has 0 radical (unpaired) electrons. The van der Waals surface area contributed by atoms with E-state index in [-0.39, 0.29) is 0 Å². The van der Waals surface area contributed by atoms with Gasteiger partial charge in [-0.2, -0.15) is 0 Å². The molecule has 2 heterocycles. The minimum Gasteiger partial charge on any atom is -0.255 e. The predicted molar refractivity (Wildman–Crippen MR) is 77.7 cm³/mol. The second-order valence-electron chi connectivity index (χ2n) is 3.73. The van der Waals surface area contributed by atoms with Crippen LogP contribution in [0.1, 0.15) is 0 Å². The first-order chi connectivity index (χ1) is 8.36. The molecule has 0 aliphatic heterocycles. The van der Waals surface area contributed by atoms with Crippen molar-refractivity contribution in [3.8, 4) is 11.3 Å². The monoisotopic (exact) mass is 332 g/mol. The van der Waals surface area contributed by atoms with Gasteiger partial charge in [-0.3, -0.25) is 9.97 Å². The van der Waals surface area contributed by atoms with Crippen molar-refractivity contribution >= 4 is 33.5 Å². The second-order valence-corrected chi connectivity index (χ2v) is 4.81. The second kappa shape index (κ2) is 4.41. The maximum atomic E-state index is 4.53. The van der Waals surface area contributed by atoms with E-state index < -0.39 is 0 Å². The Morgan fingerprint density at radius 1 is 0.882 bits per heavy atom. The smallest absolute Gasteiger partial charge is 0.0872 e. The molecule has 0 aliphatic rings. The molecule has 0 saturated heterocycles. The van der Waals surface area contributed by atoms with Crippen molar-refractivity contribution < 1.29 is 0 Å². The lowest BCUT2D eigenvalue weighted by molar-refractivity contribution is 1.30. The number of nitrogens with zero attached hydrogens (tertiary/aromatic N) is 2. The molecule has 0 fully saturated rings. The normalized spacial score (nSPS) is 10.6. The summed E-state index contributed by atoms with van der Waals surface area (Å²) in [7, 11) is 0. The fraction of sp³-hybridized carbons (Fsp3) is 0. The first kappa shape index (κ1) is 10.7. The van der Waals surface area contributed by atoms with E-state index in [0.717, 1.165) is 25.7 Å². The fourth-order valence-electron chi connectivity index (χ4n) is 1.81. The summed E-state index contributed by atoms with van der Waals surface area (Å²) in [6.45, 7) is 0. The zero-order chi connectivity index (χ0) is 11.7. The molecule has 0 saturated carbocycles. The average Bonchev–Trinajstić information content (AvgIpc) is 2.40. The van der Waals surface area contributed by atoms with Gasteiger partial charge in [-0.1, -0.05) is 30.3 Å². The molecule has 1 aromatic carbocycles. The van der Waals surface area contributed by atoms with Crippen molar-refractivity contribution in [1.82, 2.24) is 9.97 Å². The van der Waals surface area contributed by atoms with E-state index in [2.05, 4.69) is 44.7 Å². The van der Waals surface area contributed by atoms with Crippen LogP contribution in [0.2, 0.25) is 0 Å². The Morgan fingerprint density at radius 2 is 1.71 bits per heavy atom. The average molecular weight is 332 g/mol. The molecule has 82 valence electrons. The van der Waals surface area contributed by atoms with Crippen molar-refractivity contribution in [2.75, 3.05) is 0 Å². The highest BCUT2D eigenvalue weighted by atomic mass is 127. The number of hydrogen-bond donors (Lipinski definition) is 0. The Kier molecular flexibility index (Phi) is 2.76. The number of pyridine rings is 2. The summed E-state index contributed by atoms with van der Waals surface area (Å²) in [6, 6.07) is 14.2. The van der Waals surface area contributed by atoms with Crippen LogP contribution < -0.4 is 0 Å². The molecule has 0 bridgehead atoms. The largest absolute Gasteiger partial charge is 0.255 e. The standard InChI is InChI=1S/C14H9IN2/c15-12-13(10-5-2-1-3-6-10)17-9-11-7-4-8-16-14(11)12/h1-9H. The van der Waals surface area contributed by atoms with Crippen molar-refractivity contribution in [3.63, 3.8) is 0 Å². The number of aromatic nitrogens is 2. The topological polar surface area (TPSA) is 25.8 Å². The van der Waals surface area contributed by atoms with Crippen molar-refractivity contribution in [2.24, 2.45) is 0 Å². The van der Waals surface area contributed by atoms with Crippen LogP contribution in [0.15, 0.2) is 54.9 Å². The van der Waals surface area contributed by atoms with E-state index in [1.807, 2.05) is 42.7 Å². The van der Waals surface area contributed by atoms with Gasteiger partial charge in [0.15, 0.2) is 0 Å². The summed E-state index contributed by atoms with van der Waals surface area (Å²) in [5, 5.41) is 1.08. The van der Waals surface area contributed by atoms with Gasteiger partial charge >= 0.3 is 0 Å². The zero-order valence-corrected chi connectivity index (χ0v) is 11.1. The highest BCUT2D eigenvalue weighted by molar-refractivity contribution is 14.1. The lowest BCUT2D eigenvalue weighted by Crippen LogP contribution is -1.91. The molecule has 17 heavy (non-hydrogen) atoms. The fourth-order valence-corrected chi connectivity index (χ4v) is 2.71. The quantitative estimate of drug-likeness (QED) is 0.632. The Balaban J connectivity index is 2.29. The van der Waals surface area contributed by atoms with Gasteiger partial charge in [0.25, 0.3) is 0 Å². The predicted octanol–water partition coefficient (Wildman–Crippen LogP) is 3.90.